The zero-order chi connectivity index (χ0) is 20.9. The summed E-state index contributed by atoms with van der Waals surface area (Å²) in [4.78, 5) is 20.1. The van der Waals surface area contributed by atoms with Gasteiger partial charge in [-0.1, -0.05) is 47.0 Å². The minimum absolute atomic E-state index is 0.260. The molecule has 4 rings (SSSR count). The van der Waals surface area contributed by atoms with Crippen LogP contribution >= 0.6 is 11.6 Å². The number of benzene rings is 2. The summed E-state index contributed by atoms with van der Waals surface area (Å²) >= 11 is 6.11. The number of carbonyl (C=O) groups excluding carboxylic acids is 1. The highest BCUT2D eigenvalue weighted by Gasteiger charge is 2.14. The molecule has 0 spiro atoms. The summed E-state index contributed by atoms with van der Waals surface area (Å²) in [5, 5.41) is 11.4. The number of aromatic nitrogens is 3. The Morgan fingerprint density at radius 1 is 1.20 bits per heavy atom. The fourth-order valence-corrected chi connectivity index (χ4v) is 3.31. The molecule has 0 saturated heterocycles. The van der Waals surface area contributed by atoms with Gasteiger partial charge in [0.1, 0.15) is 5.69 Å². The smallest absolute Gasteiger partial charge is 0.274 e. The van der Waals surface area contributed by atoms with Crippen LogP contribution in [-0.2, 0) is 6.42 Å². The minimum Gasteiger partial charge on any atom is -0.320 e. The summed E-state index contributed by atoms with van der Waals surface area (Å²) in [5.74, 6) is -0.341. The average Bonchev–Trinajstić information content (AvgIpc) is 3.18. The van der Waals surface area contributed by atoms with E-state index in [1.54, 1.807) is 35.1 Å². The average molecular weight is 418 g/mol. The molecule has 0 aliphatic carbocycles. The van der Waals surface area contributed by atoms with Crippen LogP contribution in [0.1, 0.15) is 16.1 Å². The Morgan fingerprint density at radius 2 is 2.07 bits per heavy atom. The minimum atomic E-state index is -0.341. The summed E-state index contributed by atoms with van der Waals surface area (Å²) in [7, 11) is 0. The number of carbonyl (C=O) groups is 1. The van der Waals surface area contributed by atoms with Crippen molar-refractivity contribution in [3.05, 3.63) is 93.7 Å². The van der Waals surface area contributed by atoms with Crippen LogP contribution in [0.5, 0.6) is 0 Å². The van der Waals surface area contributed by atoms with E-state index in [0.29, 0.717) is 29.3 Å². The molecule has 0 aliphatic heterocycles. The van der Waals surface area contributed by atoms with Gasteiger partial charge in [0.25, 0.3) is 5.91 Å². The van der Waals surface area contributed by atoms with Crippen LogP contribution in [-0.4, -0.2) is 27.0 Å². The second kappa shape index (κ2) is 8.65. The van der Waals surface area contributed by atoms with E-state index in [-0.39, 0.29) is 11.6 Å². The van der Waals surface area contributed by atoms with Crippen LogP contribution in [0.2, 0.25) is 5.02 Å². The predicted molar refractivity (Wildman–Crippen MR) is 116 cm³/mol. The molecular formula is C21H16ClN7O. The number of amides is 1. The molecule has 1 N–H and O–H groups in total. The van der Waals surface area contributed by atoms with E-state index in [1.165, 1.54) is 0 Å². The first-order valence-electron chi connectivity index (χ1n) is 9.16. The molecule has 0 saturated carbocycles. The van der Waals surface area contributed by atoms with E-state index in [4.69, 9.17) is 17.1 Å². The van der Waals surface area contributed by atoms with Crippen LogP contribution in [0, 0.1) is 0 Å². The summed E-state index contributed by atoms with van der Waals surface area (Å²) in [6.07, 6.45) is 3.91. The first-order chi connectivity index (χ1) is 14.7. The maximum Gasteiger partial charge on any atom is 0.274 e. The van der Waals surface area contributed by atoms with E-state index >= 15 is 0 Å². The third-order valence-corrected chi connectivity index (χ3v) is 4.78. The molecule has 9 heteroatoms. The summed E-state index contributed by atoms with van der Waals surface area (Å²) in [5.41, 5.74) is 12.5. The van der Waals surface area contributed by atoms with Gasteiger partial charge in [0, 0.05) is 33.9 Å². The highest BCUT2D eigenvalue weighted by atomic mass is 35.5. The molecule has 2 heterocycles. The van der Waals surface area contributed by atoms with Crippen molar-refractivity contribution in [3.63, 3.8) is 0 Å². The van der Waals surface area contributed by atoms with E-state index in [9.17, 15) is 4.79 Å². The van der Waals surface area contributed by atoms with Crippen LogP contribution in [0.25, 0.3) is 27.2 Å². The Labute approximate surface area is 176 Å². The molecule has 8 nitrogen and oxygen atoms in total. The van der Waals surface area contributed by atoms with Crippen molar-refractivity contribution in [3.8, 4) is 11.1 Å². The van der Waals surface area contributed by atoms with Gasteiger partial charge in [-0.2, -0.15) is 5.10 Å². The largest absolute Gasteiger partial charge is 0.320 e. The molecule has 0 bridgehead atoms. The Kier molecular flexibility index (Phi) is 5.61. The third kappa shape index (κ3) is 4.10. The lowest BCUT2D eigenvalue weighted by molar-refractivity contribution is 0.102. The first kappa shape index (κ1) is 19.4. The predicted octanol–water partition coefficient (Wildman–Crippen LogP) is 5.15. The molecule has 1 amide bonds. The standard InChI is InChI=1S/C21H16ClN7O/c22-16-6-3-5-15(12-16)17-13-25-29-11-9-19(26-20(17)29)21(30)27-18-7-2-1-4-14(18)8-10-24-28-23/h1-7,9,11-13H,8,10H2,(H,27,30). The van der Waals surface area contributed by atoms with E-state index in [1.807, 2.05) is 36.4 Å². The van der Waals surface area contributed by atoms with Crippen molar-refractivity contribution in [2.45, 2.75) is 6.42 Å². The number of azide groups is 1. The van der Waals surface area contributed by atoms with Crippen molar-refractivity contribution < 1.29 is 4.79 Å². The van der Waals surface area contributed by atoms with Crippen LogP contribution < -0.4 is 5.32 Å². The Morgan fingerprint density at radius 3 is 2.90 bits per heavy atom. The van der Waals surface area contributed by atoms with Crippen molar-refractivity contribution in [1.82, 2.24) is 14.6 Å². The number of hydrogen-bond donors (Lipinski definition) is 1. The second-order valence-electron chi connectivity index (χ2n) is 6.47. The highest BCUT2D eigenvalue weighted by molar-refractivity contribution is 6.30. The number of fused-ring (bicyclic) bond motifs is 1. The van der Waals surface area contributed by atoms with E-state index < -0.39 is 0 Å². The number of nitrogens with one attached hydrogen (secondary N) is 1. The summed E-state index contributed by atoms with van der Waals surface area (Å²) in [6, 6.07) is 16.4. The lowest BCUT2D eigenvalue weighted by atomic mass is 10.1. The van der Waals surface area contributed by atoms with E-state index in [0.717, 1.165) is 16.7 Å². The van der Waals surface area contributed by atoms with Gasteiger partial charge in [0.05, 0.1) is 6.20 Å². The van der Waals surface area contributed by atoms with Gasteiger partial charge < -0.3 is 5.32 Å². The maximum absolute atomic E-state index is 12.9. The molecular weight excluding hydrogens is 402 g/mol. The molecule has 2 aromatic carbocycles. The Hall–Kier alpha value is -3.87. The lowest BCUT2D eigenvalue weighted by Gasteiger charge is -2.10. The van der Waals surface area contributed by atoms with Crippen molar-refractivity contribution in [2.75, 3.05) is 11.9 Å². The molecule has 4 aromatic rings. The molecule has 0 fully saturated rings. The van der Waals surface area contributed by atoms with Crippen molar-refractivity contribution in [1.29, 1.82) is 0 Å². The zero-order valence-corrected chi connectivity index (χ0v) is 16.5. The number of para-hydroxylation sites is 1. The fourth-order valence-electron chi connectivity index (χ4n) is 3.12. The van der Waals surface area contributed by atoms with Crippen LogP contribution in [0.3, 0.4) is 0 Å². The topological polar surface area (TPSA) is 108 Å². The molecule has 0 unspecified atom stereocenters. The molecule has 2 aromatic heterocycles. The molecule has 0 aliphatic rings. The molecule has 0 atom stereocenters. The summed E-state index contributed by atoms with van der Waals surface area (Å²) < 4.78 is 1.61. The van der Waals surface area contributed by atoms with Crippen LogP contribution in [0.15, 0.2) is 72.1 Å². The van der Waals surface area contributed by atoms with Crippen molar-refractivity contribution >= 4 is 28.8 Å². The van der Waals surface area contributed by atoms with Gasteiger partial charge in [-0.15, -0.1) is 0 Å². The normalized spacial score (nSPS) is 10.6. The van der Waals surface area contributed by atoms with Crippen LogP contribution in [0.4, 0.5) is 5.69 Å². The SMILES string of the molecule is [N-]=[N+]=NCCc1ccccc1NC(=O)c1ccn2ncc(-c3cccc(Cl)c3)c2n1. The highest BCUT2D eigenvalue weighted by Crippen LogP contribution is 2.26. The van der Waals surface area contributed by atoms with Gasteiger partial charge in [0.2, 0.25) is 0 Å². The molecule has 30 heavy (non-hydrogen) atoms. The van der Waals surface area contributed by atoms with Gasteiger partial charge in [-0.25, -0.2) is 9.50 Å². The molecule has 148 valence electrons. The monoisotopic (exact) mass is 417 g/mol. The van der Waals surface area contributed by atoms with Gasteiger partial charge in [-0.3, -0.25) is 4.79 Å². The zero-order valence-electron chi connectivity index (χ0n) is 15.7. The maximum atomic E-state index is 12.9. The van der Waals surface area contributed by atoms with Gasteiger partial charge in [-0.05, 0) is 47.3 Å². The summed E-state index contributed by atoms with van der Waals surface area (Å²) in [6.45, 7) is 0.312. The quantitative estimate of drug-likeness (QED) is 0.266. The molecule has 0 radical (unpaired) electrons. The Balaban J connectivity index is 1.63. The number of halogens is 1. The lowest BCUT2D eigenvalue weighted by Crippen LogP contribution is -2.15. The number of nitrogens with zero attached hydrogens (tertiary/aromatic N) is 6. The second-order valence-corrected chi connectivity index (χ2v) is 6.90. The number of anilines is 1. The first-order valence-corrected chi connectivity index (χ1v) is 9.54. The number of rotatable bonds is 6. The Bertz CT molecular complexity index is 1280. The van der Waals surface area contributed by atoms with Gasteiger partial charge >= 0.3 is 0 Å². The van der Waals surface area contributed by atoms with E-state index in [2.05, 4.69) is 25.4 Å². The van der Waals surface area contributed by atoms with Gasteiger partial charge in [0.15, 0.2) is 5.65 Å². The fraction of sp³-hybridized carbons (Fsp3) is 0.0952. The third-order valence-electron chi connectivity index (χ3n) is 4.55. The van der Waals surface area contributed by atoms with Crippen molar-refractivity contribution in [2.24, 2.45) is 5.11 Å². The number of hydrogen-bond acceptors (Lipinski definition) is 4.